The summed E-state index contributed by atoms with van der Waals surface area (Å²) in [5.74, 6) is -0.608. The van der Waals surface area contributed by atoms with Crippen LogP contribution in [0, 0.1) is 0 Å². The van der Waals surface area contributed by atoms with Crippen molar-refractivity contribution < 1.29 is 19.1 Å². The van der Waals surface area contributed by atoms with Gasteiger partial charge in [0.25, 0.3) is 0 Å². The van der Waals surface area contributed by atoms with Gasteiger partial charge in [0.15, 0.2) is 0 Å². The first-order valence-corrected chi connectivity index (χ1v) is 4.13. The van der Waals surface area contributed by atoms with Gasteiger partial charge in [-0.2, -0.15) is 0 Å². The average molecular weight is 189 g/mol. The van der Waals surface area contributed by atoms with Gasteiger partial charge in [-0.1, -0.05) is 0 Å². The summed E-state index contributed by atoms with van der Waals surface area (Å²) in [5.41, 5.74) is 0. The van der Waals surface area contributed by atoms with E-state index in [-0.39, 0.29) is 24.9 Å². The van der Waals surface area contributed by atoms with Gasteiger partial charge >= 0.3 is 11.9 Å². The Bertz CT molecular complexity index is 170. The third kappa shape index (κ3) is 7.27. The number of hydrogen-bond donors (Lipinski definition) is 1. The molecule has 0 bridgehead atoms. The molecule has 0 saturated heterocycles. The lowest BCUT2D eigenvalue weighted by molar-refractivity contribution is -0.143. The SMILES string of the molecule is CCOC(=O)CNCCC(=O)OC. The topological polar surface area (TPSA) is 64.6 Å². The van der Waals surface area contributed by atoms with Gasteiger partial charge in [-0.15, -0.1) is 0 Å². The largest absolute Gasteiger partial charge is 0.469 e. The van der Waals surface area contributed by atoms with E-state index in [1.165, 1.54) is 7.11 Å². The van der Waals surface area contributed by atoms with Crippen LogP contribution in [0.2, 0.25) is 0 Å². The fourth-order valence-corrected chi connectivity index (χ4v) is 0.695. The number of methoxy groups -OCH3 is 1. The van der Waals surface area contributed by atoms with E-state index in [1.54, 1.807) is 6.92 Å². The second kappa shape index (κ2) is 7.54. The molecule has 0 saturated carbocycles. The molecule has 0 fully saturated rings. The van der Waals surface area contributed by atoms with Crippen molar-refractivity contribution in [2.45, 2.75) is 13.3 Å². The Morgan fingerprint density at radius 1 is 1.31 bits per heavy atom. The summed E-state index contributed by atoms with van der Waals surface area (Å²) in [4.78, 5) is 21.4. The molecule has 1 N–H and O–H groups in total. The van der Waals surface area contributed by atoms with Crippen molar-refractivity contribution in [2.24, 2.45) is 0 Å². The van der Waals surface area contributed by atoms with Crippen LogP contribution in [0.4, 0.5) is 0 Å². The number of hydrogen-bond acceptors (Lipinski definition) is 5. The highest BCUT2D eigenvalue weighted by Gasteiger charge is 2.02. The molecule has 0 aliphatic heterocycles. The summed E-state index contributed by atoms with van der Waals surface area (Å²) in [6.07, 6.45) is 0.260. The minimum absolute atomic E-state index is 0.130. The molecule has 0 rings (SSSR count). The van der Waals surface area contributed by atoms with Crippen molar-refractivity contribution in [2.75, 3.05) is 26.8 Å². The maximum absolute atomic E-state index is 10.8. The molecule has 0 aromatic rings. The van der Waals surface area contributed by atoms with Gasteiger partial charge in [0, 0.05) is 6.54 Å². The average Bonchev–Trinajstić information content (AvgIpc) is 2.12. The highest BCUT2D eigenvalue weighted by atomic mass is 16.5. The number of ether oxygens (including phenoxy) is 2. The van der Waals surface area contributed by atoms with Crippen molar-refractivity contribution in [3.05, 3.63) is 0 Å². The molecule has 5 heteroatoms. The van der Waals surface area contributed by atoms with Gasteiger partial charge < -0.3 is 14.8 Å². The Balaban J connectivity index is 3.25. The van der Waals surface area contributed by atoms with Gasteiger partial charge in [-0.3, -0.25) is 9.59 Å². The molecule has 76 valence electrons. The molecular weight excluding hydrogens is 174 g/mol. The zero-order chi connectivity index (χ0) is 10.1. The molecule has 0 heterocycles. The van der Waals surface area contributed by atoms with Crippen LogP contribution in [0.15, 0.2) is 0 Å². The highest BCUT2D eigenvalue weighted by molar-refractivity contribution is 5.72. The highest BCUT2D eigenvalue weighted by Crippen LogP contribution is 1.81. The Morgan fingerprint density at radius 3 is 2.54 bits per heavy atom. The Morgan fingerprint density at radius 2 is 2.00 bits per heavy atom. The van der Waals surface area contributed by atoms with Crippen molar-refractivity contribution in [1.82, 2.24) is 5.32 Å². The smallest absolute Gasteiger partial charge is 0.319 e. The number of carbonyl (C=O) groups excluding carboxylic acids is 2. The summed E-state index contributed by atoms with van der Waals surface area (Å²) in [7, 11) is 1.33. The molecular formula is C8H15NO4. The lowest BCUT2D eigenvalue weighted by atomic mass is 10.4. The summed E-state index contributed by atoms with van der Waals surface area (Å²) in [6, 6.07) is 0. The van der Waals surface area contributed by atoms with Crippen LogP contribution in [-0.4, -0.2) is 38.7 Å². The van der Waals surface area contributed by atoms with E-state index in [9.17, 15) is 9.59 Å². The van der Waals surface area contributed by atoms with E-state index in [2.05, 4.69) is 14.8 Å². The number of esters is 2. The monoisotopic (exact) mass is 189 g/mol. The van der Waals surface area contributed by atoms with Crippen molar-refractivity contribution in [1.29, 1.82) is 0 Å². The fourth-order valence-electron chi connectivity index (χ4n) is 0.695. The van der Waals surface area contributed by atoms with E-state index in [4.69, 9.17) is 0 Å². The Kier molecular flexibility index (Phi) is 6.91. The molecule has 0 aliphatic carbocycles. The van der Waals surface area contributed by atoms with E-state index in [0.29, 0.717) is 13.2 Å². The lowest BCUT2D eigenvalue weighted by Gasteiger charge is -2.03. The van der Waals surface area contributed by atoms with Crippen molar-refractivity contribution in [3.63, 3.8) is 0 Å². The minimum Gasteiger partial charge on any atom is -0.469 e. The molecule has 5 nitrogen and oxygen atoms in total. The maximum Gasteiger partial charge on any atom is 0.319 e. The summed E-state index contributed by atoms with van der Waals surface area (Å²) >= 11 is 0. The summed E-state index contributed by atoms with van der Waals surface area (Å²) < 4.78 is 9.07. The second-order valence-corrected chi connectivity index (χ2v) is 2.31. The summed E-state index contributed by atoms with van der Waals surface area (Å²) in [5, 5.41) is 2.76. The third-order valence-corrected chi connectivity index (χ3v) is 1.31. The van der Waals surface area contributed by atoms with Gasteiger partial charge in [-0.05, 0) is 6.92 Å². The fraction of sp³-hybridized carbons (Fsp3) is 0.750. The molecule has 13 heavy (non-hydrogen) atoms. The van der Waals surface area contributed by atoms with Crippen LogP contribution < -0.4 is 5.32 Å². The zero-order valence-electron chi connectivity index (χ0n) is 7.96. The molecule has 0 aromatic carbocycles. The van der Waals surface area contributed by atoms with Crippen LogP contribution in [0.5, 0.6) is 0 Å². The molecule has 0 amide bonds. The van der Waals surface area contributed by atoms with E-state index < -0.39 is 0 Å². The standard InChI is InChI=1S/C8H15NO4/c1-3-13-8(11)6-9-5-4-7(10)12-2/h9H,3-6H2,1-2H3. The molecule has 0 aliphatic rings. The molecule has 0 unspecified atom stereocenters. The van der Waals surface area contributed by atoms with E-state index in [0.717, 1.165) is 0 Å². The van der Waals surface area contributed by atoms with Gasteiger partial charge in [0.1, 0.15) is 0 Å². The third-order valence-electron chi connectivity index (χ3n) is 1.31. The lowest BCUT2D eigenvalue weighted by Crippen LogP contribution is -2.27. The number of carbonyl (C=O) groups is 2. The van der Waals surface area contributed by atoms with Gasteiger partial charge in [0.05, 0.1) is 26.7 Å². The van der Waals surface area contributed by atoms with Crippen LogP contribution in [-0.2, 0) is 19.1 Å². The minimum atomic E-state index is -0.313. The maximum atomic E-state index is 10.8. The second-order valence-electron chi connectivity index (χ2n) is 2.31. The predicted molar refractivity (Wildman–Crippen MR) is 46.1 cm³/mol. The van der Waals surface area contributed by atoms with E-state index in [1.807, 2.05) is 0 Å². The first-order chi connectivity index (χ1) is 6.20. The van der Waals surface area contributed by atoms with Crippen LogP contribution >= 0.6 is 0 Å². The van der Waals surface area contributed by atoms with Crippen molar-refractivity contribution >= 4 is 11.9 Å². The van der Waals surface area contributed by atoms with Gasteiger partial charge in [0.2, 0.25) is 0 Å². The normalized spacial score (nSPS) is 9.38. The van der Waals surface area contributed by atoms with Gasteiger partial charge in [-0.25, -0.2) is 0 Å². The van der Waals surface area contributed by atoms with Crippen LogP contribution in [0.3, 0.4) is 0 Å². The predicted octanol–water partition coefficient (Wildman–Crippen LogP) is -0.298. The summed E-state index contributed by atoms with van der Waals surface area (Å²) in [6.45, 7) is 2.67. The van der Waals surface area contributed by atoms with Crippen LogP contribution in [0.25, 0.3) is 0 Å². The quantitative estimate of drug-likeness (QED) is 0.459. The number of nitrogens with one attached hydrogen (secondary N) is 1. The zero-order valence-corrected chi connectivity index (χ0v) is 7.96. The van der Waals surface area contributed by atoms with E-state index >= 15 is 0 Å². The first kappa shape index (κ1) is 11.9. The molecule has 0 aromatic heterocycles. The molecule has 0 spiro atoms. The van der Waals surface area contributed by atoms with Crippen LogP contribution in [0.1, 0.15) is 13.3 Å². The van der Waals surface area contributed by atoms with Crippen molar-refractivity contribution in [3.8, 4) is 0 Å². The molecule has 0 atom stereocenters. The number of rotatable bonds is 6. The molecule has 0 radical (unpaired) electrons. The first-order valence-electron chi connectivity index (χ1n) is 4.13. The Labute approximate surface area is 77.4 Å². The Hall–Kier alpha value is -1.10.